The van der Waals surface area contributed by atoms with Crippen molar-refractivity contribution in [1.82, 2.24) is 9.80 Å². The van der Waals surface area contributed by atoms with Crippen molar-refractivity contribution in [2.24, 2.45) is 0 Å². The molecule has 0 unspecified atom stereocenters. The number of benzene rings is 3. The highest BCUT2D eigenvalue weighted by molar-refractivity contribution is 7.17. The third kappa shape index (κ3) is 4.32. The minimum absolute atomic E-state index is 0.251. The largest absolute Gasteiger partial charge is 0.296 e. The van der Waals surface area contributed by atoms with E-state index >= 15 is 0 Å². The summed E-state index contributed by atoms with van der Waals surface area (Å²) >= 11 is 1.69. The Balaban J connectivity index is 1.31. The van der Waals surface area contributed by atoms with Gasteiger partial charge in [0.2, 0.25) is 0 Å². The summed E-state index contributed by atoms with van der Waals surface area (Å²) in [5.41, 5.74) is 4.45. The first-order valence-corrected chi connectivity index (χ1v) is 12.0. The zero-order valence-electron chi connectivity index (χ0n) is 18.0. The van der Waals surface area contributed by atoms with Gasteiger partial charge in [0.15, 0.2) is 0 Å². The molecular weight excluding hydrogens is 412 g/mol. The second kappa shape index (κ2) is 9.64. The van der Waals surface area contributed by atoms with Gasteiger partial charge in [0.1, 0.15) is 5.94 Å². The van der Waals surface area contributed by atoms with E-state index in [1.807, 2.05) is 12.1 Å². The lowest BCUT2D eigenvalue weighted by Crippen LogP contribution is -2.48. The molecule has 1 saturated heterocycles. The van der Waals surface area contributed by atoms with E-state index in [1.165, 1.54) is 15.8 Å². The van der Waals surface area contributed by atoms with Crippen molar-refractivity contribution < 1.29 is 4.79 Å². The molecule has 0 N–H and O–H groups in total. The van der Waals surface area contributed by atoms with Gasteiger partial charge in [0.05, 0.1) is 11.6 Å². The van der Waals surface area contributed by atoms with Crippen molar-refractivity contribution in [2.45, 2.75) is 6.04 Å². The molecule has 0 saturated carbocycles. The summed E-state index contributed by atoms with van der Waals surface area (Å²) in [6.07, 6.45) is 0. The van der Waals surface area contributed by atoms with Crippen LogP contribution in [0, 0.1) is 0 Å². The number of hydrogen-bond acceptors (Lipinski definition) is 4. The predicted octanol–water partition coefficient (Wildman–Crippen LogP) is 5.52. The number of fused-ring (bicyclic) bond motifs is 1. The molecule has 1 fully saturated rings. The fourth-order valence-corrected chi connectivity index (χ4v) is 5.65. The molecule has 3 nitrogen and oxygen atoms in total. The van der Waals surface area contributed by atoms with Gasteiger partial charge >= 0.3 is 0 Å². The van der Waals surface area contributed by atoms with Crippen LogP contribution in [0.1, 0.15) is 22.7 Å². The molecule has 0 atom stereocenters. The fraction of sp³-hybridized carbons (Fsp3) is 0.214. The topological polar surface area (TPSA) is 23.6 Å². The molecule has 0 spiro atoms. The van der Waals surface area contributed by atoms with Crippen LogP contribution in [0.2, 0.25) is 0 Å². The highest BCUT2D eigenvalue weighted by Gasteiger charge is 2.27. The zero-order chi connectivity index (χ0) is 21.8. The molecular formula is C28H26N2OS. The summed E-state index contributed by atoms with van der Waals surface area (Å²) in [6.45, 7) is 4.45. The maximum absolute atomic E-state index is 11.9. The zero-order valence-corrected chi connectivity index (χ0v) is 18.8. The molecule has 1 aliphatic rings. The van der Waals surface area contributed by atoms with Crippen LogP contribution in [0.3, 0.4) is 0 Å². The molecule has 0 bridgehead atoms. The van der Waals surface area contributed by atoms with Gasteiger partial charge in [0.25, 0.3) is 0 Å². The Bertz CT molecular complexity index is 1180. The van der Waals surface area contributed by atoms with Crippen LogP contribution in [-0.2, 0) is 4.79 Å². The molecule has 0 aliphatic carbocycles. The van der Waals surface area contributed by atoms with E-state index in [1.54, 1.807) is 11.3 Å². The lowest BCUT2D eigenvalue weighted by Gasteiger charge is -2.39. The number of hydrogen-bond donors (Lipinski definition) is 0. The van der Waals surface area contributed by atoms with E-state index in [0.717, 1.165) is 42.7 Å². The van der Waals surface area contributed by atoms with Crippen LogP contribution in [0.15, 0.2) is 90.3 Å². The van der Waals surface area contributed by atoms with Crippen molar-refractivity contribution >= 4 is 32.9 Å². The SMILES string of the molecule is O=C=C(CN1CCN(C(c2ccccc2)c2ccccc2)CC1)c1csc2ccccc12. The summed E-state index contributed by atoms with van der Waals surface area (Å²) < 4.78 is 1.22. The first kappa shape index (κ1) is 20.9. The molecule has 1 aliphatic heterocycles. The minimum atomic E-state index is 0.251. The highest BCUT2D eigenvalue weighted by atomic mass is 32.1. The summed E-state index contributed by atoms with van der Waals surface area (Å²) in [4.78, 5) is 16.8. The normalized spacial score (nSPS) is 15.2. The molecule has 4 heteroatoms. The van der Waals surface area contributed by atoms with Crippen LogP contribution in [0.25, 0.3) is 15.7 Å². The van der Waals surface area contributed by atoms with E-state index in [0.29, 0.717) is 6.54 Å². The molecule has 32 heavy (non-hydrogen) atoms. The van der Waals surface area contributed by atoms with E-state index < -0.39 is 0 Å². The number of thiophene rings is 1. The number of carbonyl (C=O) groups excluding carboxylic acids is 1. The Morgan fingerprint density at radius 3 is 2.03 bits per heavy atom. The predicted molar refractivity (Wildman–Crippen MR) is 134 cm³/mol. The Morgan fingerprint density at radius 1 is 0.812 bits per heavy atom. The van der Waals surface area contributed by atoms with Gasteiger partial charge in [-0.2, -0.15) is 0 Å². The van der Waals surface area contributed by atoms with Gasteiger partial charge in [-0.1, -0.05) is 78.9 Å². The Kier molecular flexibility index (Phi) is 6.29. The van der Waals surface area contributed by atoms with Gasteiger partial charge < -0.3 is 0 Å². The summed E-state index contributed by atoms with van der Waals surface area (Å²) in [5.74, 6) is 2.25. The minimum Gasteiger partial charge on any atom is -0.296 e. The second-order valence-electron chi connectivity index (χ2n) is 8.26. The van der Waals surface area contributed by atoms with Crippen molar-refractivity contribution in [2.75, 3.05) is 32.7 Å². The van der Waals surface area contributed by atoms with E-state index in [4.69, 9.17) is 0 Å². The van der Waals surface area contributed by atoms with Crippen LogP contribution in [0.5, 0.6) is 0 Å². The fourth-order valence-electron chi connectivity index (χ4n) is 4.67. The lowest BCUT2D eigenvalue weighted by atomic mass is 9.96. The monoisotopic (exact) mass is 438 g/mol. The molecule has 4 aromatic rings. The third-order valence-electron chi connectivity index (χ3n) is 6.31. The van der Waals surface area contributed by atoms with Crippen LogP contribution in [0.4, 0.5) is 0 Å². The van der Waals surface area contributed by atoms with Gasteiger partial charge in [0, 0.05) is 53.8 Å². The maximum Gasteiger partial charge on any atom is 0.129 e. The average molecular weight is 439 g/mol. The third-order valence-corrected chi connectivity index (χ3v) is 7.28. The van der Waals surface area contributed by atoms with E-state index in [-0.39, 0.29) is 6.04 Å². The number of piperazine rings is 1. The smallest absolute Gasteiger partial charge is 0.129 e. The average Bonchev–Trinajstić information content (AvgIpc) is 3.29. The Labute approximate surface area is 193 Å². The van der Waals surface area contributed by atoms with E-state index in [9.17, 15) is 4.79 Å². The molecule has 3 aromatic carbocycles. The van der Waals surface area contributed by atoms with Crippen molar-refractivity contribution in [3.05, 3.63) is 107 Å². The van der Waals surface area contributed by atoms with Crippen LogP contribution < -0.4 is 0 Å². The molecule has 0 radical (unpaired) electrons. The lowest BCUT2D eigenvalue weighted by molar-refractivity contribution is 0.119. The molecule has 5 rings (SSSR count). The first-order chi connectivity index (χ1) is 15.8. The molecule has 0 amide bonds. The highest BCUT2D eigenvalue weighted by Crippen LogP contribution is 2.32. The first-order valence-electron chi connectivity index (χ1n) is 11.1. The number of nitrogens with zero attached hydrogens (tertiary/aromatic N) is 2. The van der Waals surface area contributed by atoms with Gasteiger partial charge in [-0.25, -0.2) is 4.79 Å². The number of rotatable bonds is 6. The van der Waals surface area contributed by atoms with Crippen LogP contribution >= 0.6 is 11.3 Å². The van der Waals surface area contributed by atoms with Gasteiger partial charge in [-0.05, 0) is 17.2 Å². The van der Waals surface area contributed by atoms with E-state index in [2.05, 4.69) is 93.9 Å². The van der Waals surface area contributed by atoms with Crippen molar-refractivity contribution in [1.29, 1.82) is 0 Å². The van der Waals surface area contributed by atoms with Crippen molar-refractivity contribution in [3.63, 3.8) is 0 Å². The summed E-state index contributed by atoms with van der Waals surface area (Å²) in [6, 6.07) is 30.0. The Morgan fingerprint density at radius 2 is 1.41 bits per heavy atom. The maximum atomic E-state index is 11.9. The summed E-state index contributed by atoms with van der Waals surface area (Å²) in [7, 11) is 0. The van der Waals surface area contributed by atoms with Gasteiger partial charge in [-0.15, -0.1) is 11.3 Å². The Hall–Kier alpha value is -3.01. The molecule has 160 valence electrons. The second-order valence-corrected chi connectivity index (χ2v) is 9.17. The molecule has 2 heterocycles. The summed E-state index contributed by atoms with van der Waals surface area (Å²) in [5, 5.41) is 3.25. The standard InChI is InChI=1S/C28H26N2OS/c31-20-24(26-21-32-27-14-8-7-13-25(26)27)19-29-15-17-30(18-16-29)28(22-9-3-1-4-10-22)23-11-5-2-6-12-23/h1-14,21,28H,15-19H2. The quantitative estimate of drug-likeness (QED) is 0.370. The van der Waals surface area contributed by atoms with Crippen molar-refractivity contribution in [3.8, 4) is 0 Å². The van der Waals surface area contributed by atoms with Gasteiger partial charge in [-0.3, -0.25) is 9.80 Å². The molecule has 1 aromatic heterocycles. The van der Waals surface area contributed by atoms with Crippen LogP contribution in [-0.4, -0.2) is 48.5 Å².